The van der Waals surface area contributed by atoms with Crippen molar-refractivity contribution in [1.29, 1.82) is 0 Å². The van der Waals surface area contributed by atoms with Crippen LogP contribution in [0.1, 0.15) is 12.8 Å². The van der Waals surface area contributed by atoms with Gasteiger partial charge < -0.3 is 9.47 Å². The first-order valence-electron chi connectivity index (χ1n) is 8.48. The molecule has 172 valence electrons. The second kappa shape index (κ2) is 13.2. The van der Waals surface area contributed by atoms with E-state index in [0.29, 0.717) is 42.6 Å². The third-order valence-electron chi connectivity index (χ3n) is 3.73. The van der Waals surface area contributed by atoms with Gasteiger partial charge in [0.2, 0.25) is 9.84 Å². The molecule has 13 heteroatoms. The molecular weight excluding hydrogens is 951 g/mol. The molecular formula is C18H14Br8O4S. The molecule has 0 amide bonds. The summed E-state index contributed by atoms with van der Waals surface area (Å²) in [6.45, 7) is 0.910. The van der Waals surface area contributed by atoms with E-state index in [0.717, 1.165) is 12.8 Å². The van der Waals surface area contributed by atoms with Crippen LogP contribution in [0.5, 0.6) is 11.5 Å². The first-order valence-corrected chi connectivity index (χ1v) is 16.8. The highest BCUT2D eigenvalue weighted by molar-refractivity contribution is 9.25. The van der Waals surface area contributed by atoms with Crippen molar-refractivity contribution in [3.8, 4) is 11.5 Å². The van der Waals surface area contributed by atoms with E-state index in [1.807, 2.05) is 0 Å². The fourth-order valence-electron chi connectivity index (χ4n) is 2.30. The number of hydrogen-bond acceptors (Lipinski definition) is 4. The minimum Gasteiger partial charge on any atom is -0.491 e. The Morgan fingerprint density at radius 1 is 0.645 bits per heavy atom. The van der Waals surface area contributed by atoms with E-state index in [4.69, 9.17) is 9.47 Å². The molecule has 31 heavy (non-hydrogen) atoms. The van der Waals surface area contributed by atoms with Crippen LogP contribution in [0.15, 0.2) is 51.9 Å². The second-order valence-corrected chi connectivity index (χ2v) is 18.2. The van der Waals surface area contributed by atoms with Gasteiger partial charge in [-0.15, -0.1) is 0 Å². The molecule has 0 heterocycles. The lowest BCUT2D eigenvalue weighted by Crippen LogP contribution is -2.06. The highest BCUT2D eigenvalue weighted by Crippen LogP contribution is 2.41. The van der Waals surface area contributed by atoms with Crippen molar-refractivity contribution in [3.63, 3.8) is 0 Å². The number of benzene rings is 2. The molecule has 0 aliphatic carbocycles. The molecule has 0 fully saturated rings. The molecule has 0 aromatic heterocycles. The van der Waals surface area contributed by atoms with E-state index in [-0.39, 0.29) is 17.3 Å². The highest BCUT2D eigenvalue weighted by Gasteiger charge is 2.24. The lowest BCUT2D eigenvalue weighted by molar-refractivity contribution is 0.313. The lowest BCUT2D eigenvalue weighted by Gasteiger charge is -2.15. The van der Waals surface area contributed by atoms with Crippen molar-refractivity contribution in [2.24, 2.45) is 0 Å². The van der Waals surface area contributed by atoms with Gasteiger partial charge in [-0.1, -0.05) is 63.7 Å². The topological polar surface area (TPSA) is 52.6 Å². The largest absolute Gasteiger partial charge is 0.491 e. The molecule has 0 unspecified atom stereocenters. The molecule has 0 atom stereocenters. The molecule has 2 aromatic carbocycles. The Kier molecular flexibility index (Phi) is 12.4. The minimum atomic E-state index is -3.79. The van der Waals surface area contributed by atoms with Gasteiger partial charge in [-0.2, -0.15) is 0 Å². The molecule has 0 radical (unpaired) electrons. The molecule has 2 aromatic rings. The van der Waals surface area contributed by atoms with Gasteiger partial charge in [-0.05, 0) is 88.0 Å². The van der Waals surface area contributed by atoms with Crippen LogP contribution in [-0.4, -0.2) is 29.1 Å². The molecule has 0 aliphatic heterocycles. The van der Waals surface area contributed by atoms with Crippen molar-refractivity contribution in [1.82, 2.24) is 0 Å². The van der Waals surface area contributed by atoms with Crippen LogP contribution < -0.4 is 9.47 Å². The van der Waals surface area contributed by atoms with Gasteiger partial charge in [0.05, 0.1) is 48.4 Å². The van der Waals surface area contributed by atoms with E-state index in [1.54, 1.807) is 0 Å². The zero-order chi connectivity index (χ0) is 23.3. The third kappa shape index (κ3) is 8.47. The molecule has 0 bridgehead atoms. The van der Waals surface area contributed by atoms with Crippen LogP contribution in [0.25, 0.3) is 0 Å². The maximum atomic E-state index is 13.3. The molecule has 0 spiro atoms. The smallest absolute Gasteiger partial charge is 0.206 e. The van der Waals surface area contributed by atoms with Gasteiger partial charge in [0, 0.05) is 12.8 Å². The first-order chi connectivity index (χ1) is 14.4. The molecule has 0 N–H and O–H groups in total. The maximum Gasteiger partial charge on any atom is 0.206 e. The Morgan fingerprint density at radius 3 is 1.19 bits per heavy atom. The van der Waals surface area contributed by atoms with Gasteiger partial charge in [0.15, 0.2) is 0 Å². The van der Waals surface area contributed by atoms with E-state index < -0.39 is 9.84 Å². The third-order valence-corrected chi connectivity index (χ3v) is 9.63. The monoisotopic (exact) mass is 957 g/mol. The van der Waals surface area contributed by atoms with Crippen LogP contribution >= 0.6 is 127 Å². The van der Waals surface area contributed by atoms with E-state index in [9.17, 15) is 8.42 Å². The average Bonchev–Trinajstić information content (AvgIpc) is 2.65. The Balaban J connectivity index is 2.32. The predicted molar refractivity (Wildman–Crippen MR) is 153 cm³/mol. The van der Waals surface area contributed by atoms with Gasteiger partial charge in [-0.3, -0.25) is 0 Å². The molecule has 0 aliphatic rings. The van der Waals surface area contributed by atoms with Crippen molar-refractivity contribution in [2.75, 3.05) is 13.2 Å². The van der Waals surface area contributed by atoms with Crippen LogP contribution in [-0.2, 0) is 9.84 Å². The van der Waals surface area contributed by atoms with Crippen molar-refractivity contribution in [2.45, 2.75) is 30.1 Å². The Bertz CT molecular complexity index is 906. The number of alkyl halides is 4. The summed E-state index contributed by atoms with van der Waals surface area (Å²) in [5.41, 5.74) is 0. The minimum absolute atomic E-state index is 0.131. The fraction of sp³-hybridized carbons (Fsp3) is 0.333. The van der Waals surface area contributed by atoms with Crippen molar-refractivity contribution in [3.05, 3.63) is 42.2 Å². The Hall–Kier alpha value is 1.83. The van der Waals surface area contributed by atoms with Crippen molar-refractivity contribution < 1.29 is 17.9 Å². The summed E-state index contributed by atoms with van der Waals surface area (Å²) >= 11 is 27.3. The second-order valence-electron chi connectivity index (χ2n) is 5.99. The van der Waals surface area contributed by atoms with Gasteiger partial charge in [0.25, 0.3) is 0 Å². The van der Waals surface area contributed by atoms with Crippen LogP contribution in [0.2, 0.25) is 0 Å². The molecule has 4 nitrogen and oxygen atoms in total. The molecule has 0 saturated carbocycles. The number of halogens is 8. The number of ether oxygens (including phenoxy) is 2. The number of sulfone groups is 1. The normalized spacial score (nSPS) is 11.9. The predicted octanol–water partition coefficient (Wildman–Crippen LogP) is 9.34. The SMILES string of the molecule is O=S(=O)(c1cc(Br)c(OCCC(Br)Br)c(Br)c1)c1cc(Br)c(OCCC(Br)Br)c(Br)c1. The number of hydrogen-bond donors (Lipinski definition) is 0. The Morgan fingerprint density at radius 2 is 0.935 bits per heavy atom. The maximum absolute atomic E-state index is 13.3. The quantitative estimate of drug-likeness (QED) is 0.223. The summed E-state index contributed by atoms with van der Waals surface area (Å²) in [6.07, 6.45) is 1.47. The van der Waals surface area contributed by atoms with Crippen LogP contribution in [0.3, 0.4) is 0 Å². The van der Waals surface area contributed by atoms with Crippen molar-refractivity contribution >= 4 is 137 Å². The number of rotatable bonds is 10. The van der Waals surface area contributed by atoms with Crippen LogP contribution in [0, 0.1) is 0 Å². The molecule has 2 rings (SSSR count). The average molecular weight is 966 g/mol. The summed E-state index contributed by atoms with van der Waals surface area (Å²) in [5, 5.41) is 0. The summed E-state index contributed by atoms with van der Waals surface area (Å²) in [7, 11) is -3.79. The highest BCUT2D eigenvalue weighted by atomic mass is 79.9. The fourth-order valence-corrected chi connectivity index (χ4v) is 7.84. The van der Waals surface area contributed by atoms with E-state index in [1.165, 1.54) is 24.3 Å². The van der Waals surface area contributed by atoms with Gasteiger partial charge >= 0.3 is 0 Å². The summed E-state index contributed by atoms with van der Waals surface area (Å²) in [6, 6.07) is 6.14. The lowest BCUT2D eigenvalue weighted by atomic mass is 10.3. The van der Waals surface area contributed by atoms with Gasteiger partial charge in [0.1, 0.15) is 11.5 Å². The van der Waals surface area contributed by atoms with E-state index >= 15 is 0 Å². The molecule has 0 saturated heterocycles. The first kappa shape index (κ1) is 29.1. The zero-order valence-electron chi connectivity index (χ0n) is 15.4. The summed E-state index contributed by atoms with van der Waals surface area (Å²) in [4.78, 5) is 0.262. The van der Waals surface area contributed by atoms with Crippen LogP contribution in [0.4, 0.5) is 0 Å². The van der Waals surface area contributed by atoms with Gasteiger partial charge in [-0.25, -0.2) is 8.42 Å². The van der Waals surface area contributed by atoms with E-state index in [2.05, 4.69) is 127 Å². The Labute approximate surface area is 248 Å². The standard InChI is InChI=1S/C18H14Br8O4S/c19-11-5-9(6-12(20)17(11)29-3-1-15(23)24)31(27,28)10-7-13(21)18(14(22)8-10)30-4-2-16(25)26/h5-8,15-16H,1-4H2. The zero-order valence-corrected chi connectivity index (χ0v) is 28.9. The summed E-state index contributed by atoms with van der Waals surface area (Å²) < 4.78 is 40.6. The summed E-state index contributed by atoms with van der Waals surface area (Å²) in [5.74, 6) is 1.09.